The van der Waals surface area contributed by atoms with Gasteiger partial charge in [0.15, 0.2) is 5.56 Å². The van der Waals surface area contributed by atoms with Crippen molar-refractivity contribution in [1.82, 2.24) is 5.16 Å². The van der Waals surface area contributed by atoms with Gasteiger partial charge in [0.05, 0.1) is 13.2 Å². The molecule has 0 saturated carbocycles. The summed E-state index contributed by atoms with van der Waals surface area (Å²) in [5, 5.41) is 3.51. The van der Waals surface area contributed by atoms with Crippen molar-refractivity contribution in [1.29, 1.82) is 0 Å². The lowest BCUT2D eigenvalue weighted by Crippen LogP contribution is -2.06. The van der Waals surface area contributed by atoms with E-state index in [0.717, 1.165) is 0 Å². The highest BCUT2D eigenvalue weighted by atomic mass is 16.6. The first-order chi connectivity index (χ1) is 6.29. The fourth-order valence-corrected chi connectivity index (χ4v) is 0.812. The largest absolute Gasteiger partial charge is 0.475 e. The molecule has 0 saturated heterocycles. The number of ether oxygens (including phenoxy) is 2. The highest BCUT2D eigenvalue weighted by Crippen LogP contribution is 2.16. The second-order valence-electron chi connectivity index (χ2n) is 2.19. The molecule has 0 bridgehead atoms. The summed E-state index contributed by atoms with van der Waals surface area (Å²) in [5.74, 6) is -0.298. The third kappa shape index (κ3) is 2.21. The minimum Gasteiger partial charge on any atom is -0.475 e. The molecule has 13 heavy (non-hydrogen) atoms. The third-order valence-electron chi connectivity index (χ3n) is 1.31. The van der Waals surface area contributed by atoms with Gasteiger partial charge in [-0.15, -0.1) is 0 Å². The van der Waals surface area contributed by atoms with Crippen molar-refractivity contribution in [3.63, 3.8) is 0 Å². The zero-order valence-corrected chi connectivity index (χ0v) is 7.57. The van der Waals surface area contributed by atoms with Gasteiger partial charge in [-0.1, -0.05) is 0 Å². The van der Waals surface area contributed by atoms with Crippen LogP contribution in [0.4, 0.5) is 0 Å². The Morgan fingerprint density at radius 1 is 1.54 bits per heavy atom. The molecule has 1 aromatic rings. The molecule has 1 heterocycles. The number of esters is 1. The van der Waals surface area contributed by atoms with Crippen LogP contribution >= 0.6 is 0 Å². The predicted octanol–water partition coefficient (Wildman–Crippen LogP) is 1.25. The first-order valence-electron chi connectivity index (χ1n) is 4.03. The Bertz CT molecular complexity index is 281. The molecule has 0 amide bonds. The van der Waals surface area contributed by atoms with Gasteiger partial charge in [-0.3, -0.25) is 0 Å². The molecule has 0 atom stereocenters. The van der Waals surface area contributed by atoms with E-state index in [1.165, 1.54) is 6.26 Å². The van der Waals surface area contributed by atoms with Crippen LogP contribution in [0.15, 0.2) is 10.8 Å². The minimum absolute atomic E-state index is 0.181. The van der Waals surface area contributed by atoms with Crippen LogP contribution in [-0.4, -0.2) is 24.3 Å². The molecule has 1 rings (SSSR count). The maximum absolute atomic E-state index is 11.2. The van der Waals surface area contributed by atoms with E-state index in [0.29, 0.717) is 13.2 Å². The van der Waals surface area contributed by atoms with E-state index in [-0.39, 0.29) is 11.4 Å². The fraction of sp³-hybridized carbons (Fsp3) is 0.500. The molecule has 0 N–H and O–H groups in total. The summed E-state index contributed by atoms with van der Waals surface area (Å²) in [6.45, 7) is 4.27. The second kappa shape index (κ2) is 4.49. The Hall–Kier alpha value is -1.52. The van der Waals surface area contributed by atoms with Gasteiger partial charge in [0.25, 0.3) is 5.88 Å². The minimum atomic E-state index is -0.479. The van der Waals surface area contributed by atoms with Crippen LogP contribution in [0.25, 0.3) is 0 Å². The van der Waals surface area contributed by atoms with Crippen molar-refractivity contribution < 1.29 is 18.8 Å². The van der Waals surface area contributed by atoms with E-state index in [2.05, 4.69) is 9.68 Å². The Balaban J connectivity index is 2.74. The summed E-state index contributed by atoms with van der Waals surface area (Å²) in [6.07, 6.45) is 1.21. The summed E-state index contributed by atoms with van der Waals surface area (Å²) in [4.78, 5) is 11.2. The van der Waals surface area contributed by atoms with Crippen LogP contribution in [0.3, 0.4) is 0 Å². The van der Waals surface area contributed by atoms with Gasteiger partial charge in [0, 0.05) is 0 Å². The molecule has 0 radical (unpaired) electrons. The van der Waals surface area contributed by atoms with Gasteiger partial charge >= 0.3 is 5.97 Å². The molecule has 0 aliphatic carbocycles. The van der Waals surface area contributed by atoms with Crippen LogP contribution in [0.1, 0.15) is 24.2 Å². The van der Waals surface area contributed by atoms with E-state index in [1.54, 1.807) is 13.8 Å². The van der Waals surface area contributed by atoms with Crippen molar-refractivity contribution >= 4 is 5.97 Å². The molecule has 0 aliphatic rings. The zero-order chi connectivity index (χ0) is 9.68. The lowest BCUT2D eigenvalue weighted by atomic mass is 10.3. The third-order valence-corrected chi connectivity index (χ3v) is 1.31. The number of aromatic nitrogens is 1. The SMILES string of the molecule is CCOC(=O)c1conc1OCC. The average molecular weight is 185 g/mol. The van der Waals surface area contributed by atoms with Crippen molar-refractivity contribution in [2.24, 2.45) is 0 Å². The van der Waals surface area contributed by atoms with Crippen molar-refractivity contribution in [2.45, 2.75) is 13.8 Å². The molecule has 5 nitrogen and oxygen atoms in total. The highest BCUT2D eigenvalue weighted by Gasteiger charge is 2.17. The molecule has 0 fully saturated rings. The van der Waals surface area contributed by atoms with E-state index < -0.39 is 5.97 Å². The van der Waals surface area contributed by atoms with Gasteiger partial charge in [0.1, 0.15) is 6.26 Å². The maximum Gasteiger partial charge on any atom is 0.347 e. The van der Waals surface area contributed by atoms with Crippen LogP contribution < -0.4 is 4.74 Å². The molecular weight excluding hydrogens is 174 g/mol. The molecule has 0 aromatic carbocycles. The summed E-state index contributed by atoms with van der Waals surface area (Å²) >= 11 is 0. The smallest absolute Gasteiger partial charge is 0.347 e. The lowest BCUT2D eigenvalue weighted by Gasteiger charge is -2.00. The van der Waals surface area contributed by atoms with E-state index in [4.69, 9.17) is 9.47 Å². The van der Waals surface area contributed by atoms with E-state index >= 15 is 0 Å². The maximum atomic E-state index is 11.2. The summed E-state index contributed by atoms with van der Waals surface area (Å²) < 4.78 is 14.4. The van der Waals surface area contributed by atoms with E-state index in [1.807, 2.05) is 0 Å². The number of carbonyl (C=O) groups is 1. The Morgan fingerprint density at radius 3 is 2.92 bits per heavy atom. The Morgan fingerprint density at radius 2 is 2.31 bits per heavy atom. The van der Waals surface area contributed by atoms with Crippen LogP contribution in [-0.2, 0) is 4.74 Å². The number of hydrogen-bond acceptors (Lipinski definition) is 5. The van der Waals surface area contributed by atoms with Crippen LogP contribution in [0.2, 0.25) is 0 Å². The van der Waals surface area contributed by atoms with Gasteiger partial charge in [-0.25, -0.2) is 4.79 Å². The van der Waals surface area contributed by atoms with Crippen molar-refractivity contribution in [3.8, 4) is 5.88 Å². The molecule has 72 valence electrons. The number of hydrogen-bond donors (Lipinski definition) is 0. The standard InChI is InChI=1S/C8H11NO4/c1-3-11-7-6(5-13-9-7)8(10)12-4-2/h5H,3-4H2,1-2H3. The predicted molar refractivity (Wildman–Crippen MR) is 43.6 cm³/mol. The zero-order valence-electron chi connectivity index (χ0n) is 7.57. The summed E-state index contributed by atoms with van der Waals surface area (Å²) in [5.41, 5.74) is 0.226. The fourth-order valence-electron chi connectivity index (χ4n) is 0.812. The molecule has 1 aromatic heterocycles. The Labute approximate surface area is 75.6 Å². The van der Waals surface area contributed by atoms with Gasteiger partial charge in [-0.05, 0) is 19.0 Å². The number of rotatable bonds is 4. The summed E-state index contributed by atoms with van der Waals surface area (Å²) in [6, 6.07) is 0. The average Bonchev–Trinajstić information content (AvgIpc) is 2.54. The van der Waals surface area contributed by atoms with Gasteiger partial charge in [-0.2, -0.15) is 0 Å². The molecule has 0 spiro atoms. The van der Waals surface area contributed by atoms with Crippen molar-refractivity contribution in [3.05, 3.63) is 11.8 Å². The molecule has 5 heteroatoms. The van der Waals surface area contributed by atoms with Gasteiger partial charge in [0.2, 0.25) is 0 Å². The van der Waals surface area contributed by atoms with Crippen LogP contribution in [0.5, 0.6) is 5.88 Å². The lowest BCUT2D eigenvalue weighted by molar-refractivity contribution is 0.0521. The van der Waals surface area contributed by atoms with Gasteiger partial charge < -0.3 is 14.0 Å². The normalized spacial score (nSPS) is 9.69. The quantitative estimate of drug-likeness (QED) is 0.660. The monoisotopic (exact) mass is 185 g/mol. The van der Waals surface area contributed by atoms with E-state index in [9.17, 15) is 4.79 Å². The first kappa shape index (κ1) is 9.57. The topological polar surface area (TPSA) is 61.6 Å². The van der Waals surface area contributed by atoms with Crippen LogP contribution in [0, 0.1) is 0 Å². The molecule has 0 unspecified atom stereocenters. The summed E-state index contributed by atoms with van der Waals surface area (Å²) in [7, 11) is 0. The number of carbonyl (C=O) groups excluding carboxylic acids is 1. The molecular formula is C8H11NO4. The second-order valence-corrected chi connectivity index (χ2v) is 2.19. The van der Waals surface area contributed by atoms with Crippen molar-refractivity contribution in [2.75, 3.05) is 13.2 Å². The first-order valence-corrected chi connectivity index (χ1v) is 4.03. The Kier molecular flexibility index (Phi) is 3.31. The number of nitrogens with zero attached hydrogens (tertiary/aromatic N) is 1. The molecule has 0 aliphatic heterocycles. The highest BCUT2D eigenvalue weighted by molar-refractivity contribution is 5.91.